The van der Waals surface area contributed by atoms with Gasteiger partial charge in [0.05, 0.1) is 0 Å². The minimum Gasteiger partial charge on any atom is -0.396 e. The molecule has 2 fully saturated rings. The maximum atomic E-state index is 11.7. The highest BCUT2D eigenvalue weighted by Crippen LogP contribution is 2.16. The van der Waals surface area contributed by atoms with E-state index < -0.39 is 0 Å². The Hall–Kier alpha value is -0.610. The number of carbonyl (C=O) groups is 1. The molecular weight excluding hydrogens is 192 g/mol. The molecule has 2 aliphatic heterocycles. The van der Waals surface area contributed by atoms with Crippen molar-refractivity contribution in [1.29, 1.82) is 0 Å². The van der Waals surface area contributed by atoms with Gasteiger partial charge in [-0.15, -0.1) is 0 Å². The van der Waals surface area contributed by atoms with Crippen LogP contribution in [0.15, 0.2) is 0 Å². The number of rotatable bonds is 4. The molecule has 1 amide bonds. The Balaban J connectivity index is 1.61. The standard InChI is InChI=1S/C11H20N2O2/c14-9-10-7-13(8-10)11(15)3-6-12-4-1-2-5-12/h10,14H,1-9H2. The van der Waals surface area contributed by atoms with Crippen molar-refractivity contribution in [2.45, 2.75) is 19.3 Å². The number of hydrogen-bond acceptors (Lipinski definition) is 3. The fourth-order valence-electron chi connectivity index (χ4n) is 2.31. The molecule has 0 aromatic carbocycles. The molecule has 0 radical (unpaired) electrons. The first kappa shape index (κ1) is 10.9. The highest BCUT2D eigenvalue weighted by Gasteiger charge is 2.29. The van der Waals surface area contributed by atoms with Gasteiger partial charge in [0.2, 0.25) is 5.91 Å². The number of aliphatic hydroxyl groups is 1. The lowest BCUT2D eigenvalue weighted by Crippen LogP contribution is -2.51. The second kappa shape index (κ2) is 4.94. The lowest BCUT2D eigenvalue weighted by atomic mass is 10.0. The first-order chi connectivity index (χ1) is 7.29. The summed E-state index contributed by atoms with van der Waals surface area (Å²) in [6, 6.07) is 0. The number of likely N-dealkylation sites (tertiary alicyclic amines) is 2. The topological polar surface area (TPSA) is 43.8 Å². The predicted molar refractivity (Wildman–Crippen MR) is 57.4 cm³/mol. The number of aliphatic hydroxyl groups excluding tert-OH is 1. The second-order valence-electron chi connectivity index (χ2n) is 4.65. The van der Waals surface area contributed by atoms with E-state index in [0.717, 1.165) is 32.7 Å². The van der Waals surface area contributed by atoms with Crippen LogP contribution in [0.25, 0.3) is 0 Å². The molecule has 2 aliphatic rings. The maximum Gasteiger partial charge on any atom is 0.223 e. The van der Waals surface area contributed by atoms with Gasteiger partial charge in [0.15, 0.2) is 0 Å². The van der Waals surface area contributed by atoms with Crippen LogP contribution >= 0.6 is 0 Å². The normalized spacial score (nSPS) is 23.1. The van der Waals surface area contributed by atoms with Gasteiger partial charge in [0.1, 0.15) is 0 Å². The molecule has 4 nitrogen and oxygen atoms in total. The minimum absolute atomic E-state index is 0.218. The Bertz CT molecular complexity index is 221. The monoisotopic (exact) mass is 212 g/mol. The average Bonchev–Trinajstić information content (AvgIpc) is 2.65. The molecule has 0 spiro atoms. The summed E-state index contributed by atoms with van der Waals surface area (Å²) < 4.78 is 0. The quantitative estimate of drug-likeness (QED) is 0.709. The van der Waals surface area contributed by atoms with E-state index in [9.17, 15) is 4.79 Å². The Labute approximate surface area is 90.9 Å². The van der Waals surface area contributed by atoms with E-state index in [1.165, 1.54) is 12.8 Å². The molecule has 0 atom stereocenters. The van der Waals surface area contributed by atoms with Gasteiger partial charge in [-0.1, -0.05) is 0 Å². The van der Waals surface area contributed by atoms with E-state index in [4.69, 9.17) is 5.11 Å². The third kappa shape index (κ3) is 2.69. The largest absolute Gasteiger partial charge is 0.396 e. The zero-order valence-corrected chi connectivity index (χ0v) is 9.19. The smallest absolute Gasteiger partial charge is 0.223 e. The van der Waals surface area contributed by atoms with Gasteiger partial charge >= 0.3 is 0 Å². The van der Waals surface area contributed by atoms with Crippen LogP contribution in [0.1, 0.15) is 19.3 Å². The molecule has 2 saturated heterocycles. The molecule has 4 heteroatoms. The molecular formula is C11H20N2O2. The van der Waals surface area contributed by atoms with Crippen LogP contribution in [0, 0.1) is 5.92 Å². The number of amides is 1. The molecule has 0 unspecified atom stereocenters. The number of hydrogen-bond donors (Lipinski definition) is 1. The predicted octanol–water partition coefficient (Wildman–Crippen LogP) is -0.0770. The SMILES string of the molecule is O=C(CCN1CCCC1)N1CC(CO)C1. The van der Waals surface area contributed by atoms with Crippen LogP contribution in [0.3, 0.4) is 0 Å². The third-order valence-corrected chi connectivity index (χ3v) is 3.41. The maximum absolute atomic E-state index is 11.7. The summed E-state index contributed by atoms with van der Waals surface area (Å²) in [5.41, 5.74) is 0. The average molecular weight is 212 g/mol. The van der Waals surface area contributed by atoms with Crippen LogP contribution in [0.4, 0.5) is 0 Å². The highest BCUT2D eigenvalue weighted by molar-refractivity contribution is 5.77. The molecule has 0 aromatic rings. The van der Waals surface area contributed by atoms with E-state index in [2.05, 4.69) is 4.90 Å². The molecule has 0 aromatic heterocycles. The Morgan fingerprint density at radius 2 is 1.93 bits per heavy atom. The van der Waals surface area contributed by atoms with E-state index in [1.54, 1.807) is 0 Å². The van der Waals surface area contributed by atoms with Crippen LogP contribution < -0.4 is 0 Å². The Morgan fingerprint density at radius 3 is 2.53 bits per heavy atom. The lowest BCUT2D eigenvalue weighted by molar-refractivity contribution is -0.138. The van der Waals surface area contributed by atoms with Crippen LogP contribution in [-0.2, 0) is 4.79 Å². The molecule has 2 rings (SSSR count). The molecule has 0 bridgehead atoms. The summed E-state index contributed by atoms with van der Waals surface area (Å²) in [5.74, 6) is 0.590. The van der Waals surface area contributed by atoms with Gasteiger partial charge in [-0.2, -0.15) is 0 Å². The molecule has 86 valence electrons. The van der Waals surface area contributed by atoms with Crippen molar-refractivity contribution in [2.24, 2.45) is 5.92 Å². The fraction of sp³-hybridized carbons (Fsp3) is 0.909. The van der Waals surface area contributed by atoms with Gasteiger partial charge < -0.3 is 14.9 Å². The van der Waals surface area contributed by atoms with Crippen molar-refractivity contribution in [1.82, 2.24) is 9.80 Å². The van der Waals surface area contributed by atoms with E-state index >= 15 is 0 Å². The summed E-state index contributed by atoms with van der Waals surface area (Å²) >= 11 is 0. The minimum atomic E-state index is 0.218. The van der Waals surface area contributed by atoms with Crippen molar-refractivity contribution < 1.29 is 9.90 Å². The lowest BCUT2D eigenvalue weighted by Gasteiger charge is -2.38. The summed E-state index contributed by atoms with van der Waals surface area (Å²) in [6.07, 6.45) is 3.22. The van der Waals surface area contributed by atoms with Crippen molar-refractivity contribution in [3.8, 4) is 0 Å². The fourth-order valence-corrected chi connectivity index (χ4v) is 2.31. The van der Waals surface area contributed by atoms with Crippen LogP contribution in [-0.4, -0.2) is 60.1 Å². The van der Waals surface area contributed by atoms with Crippen LogP contribution in [0.5, 0.6) is 0 Å². The molecule has 15 heavy (non-hydrogen) atoms. The number of nitrogens with zero attached hydrogens (tertiary/aromatic N) is 2. The van der Waals surface area contributed by atoms with Gasteiger partial charge in [-0.25, -0.2) is 0 Å². The summed E-state index contributed by atoms with van der Waals surface area (Å²) in [5, 5.41) is 8.84. The first-order valence-corrected chi connectivity index (χ1v) is 5.90. The molecule has 2 heterocycles. The Kier molecular flexibility index (Phi) is 3.59. The van der Waals surface area contributed by atoms with E-state index in [-0.39, 0.29) is 12.5 Å². The molecule has 0 aliphatic carbocycles. The zero-order valence-electron chi connectivity index (χ0n) is 9.19. The summed E-state index contributed by atoms with van der Waals surface area (Å²) in [7, 11) is 0. The van der Waals surface area contributed by atoms with Crippen molar-refractivity contribution in [2.75, 3.05) is 39.3 Å². The van der Waals surface area contributed by atoms with Crippen molar-refractivity contribution >= 4 is 5.91 Å². The van der Waals surface area contributed by atoms with Crippen molar-refractivity contribution in [3.63, 3.8) is 0 Å². The summed E-state index contributed by atoms with van der Waals surface area (Å²) in [6.45, 7) is 4.97. The Morgan fingerprint density at radius 1 is 1.27 bits per heavy atom. The molecule has 1 N–H and O–H groups in total. The molecule has 0 saturated carbocycles. The summed E-state index contributed by atoms with van der Waals surface area (Å²) in [4.78, 5) is 15.9. The van der Waals surface area contributed by atoms with E-state index in [0.29, 0.717) is 12.3 Å². The zero-order chi connectivity index (χ0) is 10.7. The van der Waals surface area contributed by atoms with E-state index in [1.807, 2.05) is 4.90 Å². The van der Waals surface area contributed by atoms with Gasteiger partial charge in [-0.05, 0) is 25.9 Å². The highest BCUT2D eigenvalue weighted by atomic mass is 16.3. The number of carbonyl (C=O) groups excluding carboxylic acids is 1. The van der Waals surface area contributed by atoms with Gasteiger partial charge in [0.25, 0.3) is 0 Å². The van der Waals surface area contributed by atoms with Gasteiger partial charge in [0, 0.05) is 38.6 Å². The second-order valence-corrected chi connectivity index (χ2v) is 4.65. The first-order valence-electron chi connectivity index (χ1n) is 5.90. The van der Waals surface area contributed by atoms with Crippen LogP contribution in [0.2, 0.25) is 0 Å². The van der Waals surface area contributed by atoms with Gasteiger partial charge in [-0.3, -0.25) is 4.79 Å². The van der Waals surface area contributed by atoms with Crippen molar-refractivity contribution in [3.05, 3.63) is 0 Å². The third-order valence-electron chi connectivity index (χ3n) is 3.41.